The van der Waals surface area contributed by atoms with Crippen molar-refractivity contribution in [2.45, 2.75) is 25.9 Å². The van der Waals surface area contributed by atoms with E-state index in [1.165, 1.54) is 19.3 Å². The molecule has 1 rings (SSSR count). The lowest BCUT2D eigenvalue weighted by atomic mass is 9.84. The summed E-state index contributed by atoms with van der Waals surface area (Å²) in [5.41, 5.74) is -0.694. The van der Waals surface area contributed by atoms with Gasteiger partial charge < -0.3 is 9.84 Å². The minimum Gasteiger partial charge on any atom is -0.497 e. The summed E-state index contributed by atoms with van der Waals surface area (Å²) in [5, 5.41) is 10.3. The van der Waals surface area contributed by atoms with Crippen LogP contribution in [0.4, 0.5) is 0 Å². The molecule has 80 valence electrons. The number of allylic oxidation sites excluding steroid dienone is 2. The fraction of sp³-hybridized carbons (Fsp3) is 0.417. The van der Waals surface area contributed by atoms with Crippen molar-refractivity contribution in [2.24, 2.45) is 0 Å². The van der Waals surface area contributed by atoms with Gasteiger partial charge in [0, 0.05) is 12.5 Å². The highest BCUT2D eigenvalue weighted by Crippen LogP contribution is 2.32. The first kappa shape index (κ1) is 11.5. The molecule has 0 aliphatic heterocycles. The fourth-order valence-electron chi connectivity index (χ4n) is 1.49. The summed E-state index contributed by atoms with van der Waals surface area (Å²) in [4.78, 5) is 11.2. The van der Waals surface area contributed by atoms with Crippen LogP contribution in [-0.4, -0.2) is 23.6 Å². The Balaban J connectivity index is 3.11. The highest BCUT2D eigenvalue weighted by Gasteiger charge is 2.37. The molecule has 0 radical (unpaired) electrons. The van der Waals surface area contributed by atoms with E-state index in [0.717, 1.165) is 0 Å². The summed E-state index contributed by atoms with van der Waals surface area (Å²) in [7, 11) is 1.43. The maximum absolute atomic E-state index is 11.2. The number of carbonyl (C=O) groups excluding carboxylic acids is 1. The molecule has 1 aliphatic carbocycles. The van der Waals surface area contributed by atoms with Crippen LogP contribution in [0.3, 0.4) is 0 Å². The SMILES string of the molecule is CC#CC[C@@]1(O)C(C)=CC(=O)C=C1OC. The number of carbonyl (C=O) groups is 1. The van der Waals surface area contributed by atoms with Crippen molar-refractivity contribution < 1.29 is 14.6 Å². The Morgan fingerprint density at radius 2 is 2.20 bits per heavy atom. The molecule has 15 heavy (non-hydrogen) atoms. The quantitative estimate of drug-likeness (QED) is 0.690. The van der Waals surface area contributed by atoms with Crippen LogP contribution in [0.1, 0.15) is 20.3 Å². The second kappa shape index (κ2) is 4.33. The Kier molecular flexibility index (Phi) is 3.33. The fourth-order valence-corrected chi connectivity index (χ4v) is 1.49. The highest BCUT2D eigenvalue weighted by atomic mass is 16.5. The Labute approximate surface area is 89.4 Å². The van der Waals surface area contributed by atoms with Crippen molar-refractivity contribution in [1.29, 1.82) is 0 Å². The first-order valence-electron chi connectivity index (χ1n) is 4.65. The van der Waals surface area contributed by atoms with E-state index in [1.807, 2.05) is 0 Å². The van der Waals surface area contributed by atoms with Crippen LogP contribution in [0, 0.1) is 11.8 Å². The Morgan fingerprint density at radius 1 is 1.53 bits per heavy atom. The first-order valence-corrected chi connectivity index (χ1v) is 4.65. The molecule has 0 aromatic heterocycles. The third-order valence-corrected chi connectivity index (χ3v) is 2.43. The van der Waals surface area contributed by atoms with Gasteiger partial charge in [-0.25, -0.2) is 0 Å². The molecule has 3 heteroatoms. The number of aliphatic hydroxyl groups is 1. The number of ketones is 1. The third-order valence-electron chi connectivity index (χ3n) is 2.43. The maximum atomic E-state index is 11.2. The van der Waals surface area contributed by atoms with Crippen molar-refractivity contribution in [1.82, 2.24) is 0 Å². The monoisotopic (exact) mass is 206 g/mol. The summed E-state index contributed by atoms with van der Waals surface area (Å²) in [6.45, 7) is 3.40. The zero-order valence-electron chi connectivity index (χ0n) is 9.13. The van der Waals surface area contributed by atoms with Crippen LogP contribution >= 0.6 is 0 Å². The number of hydrogen-bond donors (Lipinski definition) is 1. The molecule has 0 saturated carbocycles. The van der Waals surface area contributed by atoms with Crippen molar-refractivity contribution in [3.05, 3.63) is 23.5 Å². The van der Waals surface area contributed by atoms with Gasteiger partial charge in [-0.1, -0.05) is 5.92 Å². The summed E-state index contributed by atoms with van der Waals surface area (Å²) < 4.78 is 5.03. The average molecular weight is 206 g/mol. The summed E-state index contributed by atoms with van der Waals surface area (Å²) >= 11 is 0. The van der Waals surface area contributed by atoms with E-state index < -0.39 is 5.60 Å². The van der Waals surface area contributed by atoms with Crippen LogP contribution in [0.25, 0.3) is 0 Å². The van der Waals surface area contributed by atoms with Crippen molar-refractivity contribution in [2.75, 3.05) is 7.11 Å². The number of hydrogen-bond acceptors (Lipinski definition) is 3. The Bertz CT molecular complexity index is 393. The van der Waals surface area contributed by atoms with E-state index in [-0.39, 0.29) is 18.0 Å². The molecule has 3 nitrogen and oxygen atoms in total. The molecule has 1 N–H and O–H groups in total. The van der Waals surface area contributed by atoms with Crippen LogP contribution in [-0.2, 0) is 9.53 Å². The summed E-state index contributed by atoms with van der Waals surface area (Å²) in [6.07, 6.45) is 2.93. The molecule has 0 unspecified atom stereocenters. The lowest BCUT2D eigenvalue weighted by Gasteiger charge is -2.30. The predicted molar refractivity (Wildman–Crippen MR) is 56.9 cm³/mol. The molecule has 0 bridgehead atoms. The van der Waals surface area contributed by atoms with Gasteiger partial charge in [0.2, 0.25) is 0 Å². The third kappa shape index (κ3) is 2.11. The predicted octanol–water partition coefficient (Wildman–Crippen LogP) is 1.19. The van der Waals surface area contributed by atoms with Crippen molar-refractivity contribution in [3.63, 3.8) is 0 Å². The van der Waals surface area contributed by atoms with Crippen LogP contribution in [0.5, 0.6) is 0 Å². The van der Waals surface area contributed by atoms with Crippen LogP contribution < -0.4 is 0 Å². The van der Waals surface area contributed by atoms with Gasteiger partial charge in [-0.2, -0.15) is 0 Å². The van der Waals surface area contributed by atoms with Crippen LogP contribution in [0.2, 0.25) is 0 Å². The Morgan fingerprint density at radius 3 is 2.73 bits per heavy atom. The second-order valence-electron chi connectivity index (χ2n) is 3.41. The molecule has 0 spiro atoms. The molecule has 0 aromatic rings. The minimum atomic E-state index is -1.26. The minimum absolute atomic E-state index is 0.168. The van der Waals surface area contributed by atoms with Gasteiger partial charge in [0.15, 0.2) is 11.4 Å². The Hall–Kier alpha value is -1.53. The van der Waals surface area contributed by atoms with E-state index >= 15 is 0 Å². The molecular formula is C12H14O3. The second-order valence-corrected chi connectivity index (χ2v) is 3.41. The van der Waals surface area contributed by atoms with Gasteiger partial charge in [0.05, 0.1) is 7.11 Å². The standard InChI is InChI=1S/C12H14O3/c1-4-5-6-12(14)9(2)7-10(13)8-11(12)15-3/h7-8,14H,6H2,1-3H3/t12-/m1/s1. The molecule has 0 aromatic carbocycles. The van der Waals surface area contributed by atoms with E-state index in [2.05, 4.69) is 11.8 Å². The van der Waals surface area contributed by atoms with Gasteiger partial charge in [0.1, 0.15) is 5.76 Å². The largest absolute Gasteiger partial charge is 0.497 e. The zero-order valence-corrected chi connectivity index (χ0v) is 9.13. The van der Waals surface area contributed by atoms with Crippen molar-refractivity contribution >= 4 is 5.78 Å². The van der Waals surface area contributed by atoms with Gasteiger partial charge in [-0.3, -0.25) is 4.79 Å². The average Bonchev–Trinajstić information content (AvgIpc) is 2.20. The van der Waals surface area contributed by atoms with Gasteiger partial charge in [0.25, 0.3) is 0 Å². The van der Waals surface area contributed by atoms with E-state index in [4.69, 9.17) is 4.74 Å². The molecule has 0 amide bonds. The number of rotatable bonds is 2. The highest BCUT2D eigenvalue weighted by molar-refractivity contribution is 6.01. The summed E-state index contributed by atoms with van der Waals surface area (Å²) in [6, 6.07) is 0. The number of methoxy groups -OCH3 is 1. The van der Waals surface area contributed by atoms with Crippen LogP contribution in [0.15, 0.2) is 23.5 Å². The van der Waals surface area contributed by atoms with E-state index in [1.54, 1.807) is 13.8 Å². The molecule has 0 saturated heterocycles. The smallest absolute Gasteiger partial charge is 0.182 e. The van der Waals surface area contributed by atoms with Gasteiger partial charge in [-0.05, 0) is 25.5 Å². The lowest BCUT2D eigenvalue weighted by molar-refractivity contribution is -0.111. The lowest BCUT2D eigenvalue weighted by Crippen LogP contribution is -2.36. The summed E-state index contributed by atoms with van der Waals surface area (Å²) in [5.74, 6) is 5.60. The maximum Gasteiger partial charge on any atom is 0.182 e. The molecule has 0 fully saturated rings. The molecular weight excluding hydrogens is 192 g/mol. The van der Waals surface area contributed by atoms with Gasteiger partial charge in [-0.15, -0.1) is 5.92 Å². The van der Waals surface area contributed by atoms with Crippen molar-refractivity contribution in [3.8, 4) is 11.8 Å². The molecule has 1 atom stereocenters. The normalized spacial score (nSPS) is 24.9. The number of ether oxygens (including phenoxy) is 1. The molecule has 1 aliphatic rings. The topological polar surface area (TPSA) is 46.5 Å². The zero-order chi connectivity index (χ0) is 11.5. The van der Waals surface area contributed by atoms with E-state index in [0.29, 0.717) is 5.57 Å². The molecule has 0 heterocycles. The van der Waals surface area contributed by atoms with Gasteiger partial charge >= 0.3 is 0 Å². The first-order chi connectivity index (χ1) is 7.04. The van der Waals surface area contributed by atoms with E-state index in [9.17, 15) is 9.90 Å².